The number of likely N-dealkylation sites (tertiary alicyclic amines) is 1. The van der Waals surface area contributed by atoms with Crippen LogP contribution >= 0.6 is 0 Å². The van der Waals surface area contributed by atoms with Gasteiger partial charge in [-0.1, -0.05) is 39.0 Å². The number of nitrogens with zero attached hydrogens (tertiary/aromatic N) is 1. The van der Waals surface area contributed by atoms with Gasteiger partial charge in [0.15, 0.2) is 6.61 Å². The van der Waals surface area contributed by atoms with Gasteiger partial charge in [-0.25, -0.2) is 0 Å². The molecule has 1 aromatic rings. The van der Waals surface area contributed by atoms with E-state index in [2.05, 4.69) is 26.8 Å². The molecule has 1 atom stereocenters. The summed E-state index contributed by atoms with van der Waals surface area (Å²) in [6.45, 7) is 7.85. The molecule has 2 rings (SSSR count). The molecular weight excluding hydrogens is 276 g/mol. The van der Waals surface area contributed by atoms with Gasteiger partial charge in [0.25, 0.3) is 5.91 Å². The number of piperidine rings is 1. The van der Waals surface area contributed by atoms with Gasteiger partial charge in [0.1, 0.15) is 5.75 Å². The lowest BCUT2D eigenvalue weighted by Gasteiger charge is -2.35. The molecule has 0 spiro atoms. The van der Waals surface area contributed by atoms with Gasteiger partial charge < -0.3 is 15.4 Å². The molecule has 1 aliphatic rings. The first-order valence-corrected chi connectivity index (χ1v) is 8.15. The van der Waals surface area contributed by atoms with Crippen LogP contribution in [0.25, 0.3) is 0 Å². The van der Waals surface area contributed by atoms with Crippen LogP contribution in [0.4, 0.5) is 0 Å². The van der Waals surface area contributed by atoms with Crippen molar-refractivity contribution in [3.05, 3.63) is 29.8 Å². The maximum absolute atomic E-state index is 12.4. The van der Waals surface area contributed by atoms with Gasteiger partial charge >= 0.3 is 0 Å². The van der Waals surface area contributed by atoms with Crippen LogP contribution in [0.2, 0.25) is 0 Å². The second-order valence-corrected chi connectivity index (χ2v) is 7.01. The second-order valence-electron chi connectivity index (χ2n) is 7.01. The number of carbonyl (C=O) groups is 1. The molecule has 1 fully saturated rings. The van der Waals surface area contributed by atoms with Crippen molar-refractivity contribution in [2.45, 2.75) is 51.5 Å². The number of para-hydroxylation sites is 1. The van der Waals surface area contributed by atoms with E-state index in [4.69, 9.17) is 10.5 Å². The summed E-state index contributed by atoms with van der Waals surface area (Å²) >= 11 is 0. The summed E-state index contributed by atoms with van der Waals surface area (Å²) < 4.78 is 5.84. The smallest absolute Gasteiger partial charge is 0.260 e. The standard InChI is InChI=1S/C18H28N2O2/c1-18(2,3)15-9-4-5-10-16(15)22-13-17(21)20-11-7-6-8-14(20)12-19/h4-5,9-10,14H,6-8,11-13,19H2,1-3H3. The fourth-order valence-electron chi connectivity index (χ4n) is 3.01. The minimum absolute atomic E-state index is 0.00937. The summed E-state index contributed by atoms with van der Waals surface area (Å²) in [5.74, 6) is 0.837. The summed E-state index contributed by atoms with van der Waals surface area (Å²) in [6, 6.07) is 8.11. The Kier molecular flexibility index (Phi) is 5.46. The minimum Gasteiger partial charge on any atom is -0.483 e. The zero-order chi connectivity index (χ0) is 16.2. The number of rotatable bonds is 4. The molecule has 0 radical (unpaired) electrons. The average Bonchev–Trinajstić information content (AvgIpc) is 2.52. The molecule has 0 aromatic heterocycles. The van der Waals surface area contributed by atoms with Gasteiger partial charge in [0, 0.05) is 19.1 Å². The fraction of sp³-hybridized carbons (Fsp3) is 0.611. The Labute approximate surface area is 133 Å². The monoisotopic (exact) mass is 304 g/mol. The highest BCUT2D eigenvalue weighted by molar-refractivity contribution is 5.78. The molecule has 4 nitrogen and oxygen atoms in total. The van der Waals surface area contributed by atoms with Crippen LogP contribution in [0.5, 0.6) is 5.75 Å². The van der Waals surface area contributed by atoms with Crippen LogP contribution in [0, 0.1) is 0 Å². The minimum atomic E-state index is -0.00937. The number of hydrogen-bond donors (Lipinski definition) is 1. The summed E-state index contributed by atoms with van der Waals surface area (Å²) in [7, 11) is 0. The molecule has 1 heterocycles. The Hall–Kier alpha value is -1.55. The van der Waals surface area contributed by atoms with E-state index in [0.29, 0.717) is 6.54 Å². The molecular formula is C18H28N2O2. The number of hydrogen-bond acceptors (Lipinski definition) is 3. The van der Waals surface area contributed by atoms with Crippen LogP contribution in [-0.2, 0) is 10.2 Å². The van der Waals surface area contributed by atoms with Crippen molar-refractivity contribution in [3.63, 3.8) is 0 Å². The first kappa shape index (κ1) is 16.8. The van der Waals surface area contributed by atoms with Crippen LogP contribution in [0.15, 0.2) is 24.3 Å². The topological polar surface area (TPSA) is 55.6 Å². The first-order chi connectivity index (χ1) is 10.4. The van der Waals surface area contributed by atoms with Crippen molar-refractivity contribution >= 4 is 5.91 Å². The summed E-state index contributed by atoms with van der Waals surface area (Å²) in [4.78, 5) is 14.3. The molecule has 122 valence electrons. The zero-order valence-electron chi connectivity index (χ0n) is 14.0. The third-order valence-electron chi connectivity index (χ3n) is 4.27. The molecule has 1 saturated heterocycles. The van der Waals surface area contributed by atoms with Crippen molar-refractivity contribution in [1.29, 1.82) is 0 Å². The van der Waals surface area contributed by atoms with Crippen LogP contribution in [-0.4, -0.2) is 36.5 Å². The van der Waals surface area contributed by atoms with Crippen LogP contribution < -0.4 is 10.5 Å². The van der Waals surface area contributed by atoms with E-state index in [0.717, 1.165) is 37.1 Å². The Bertz CT molecular complexity index is 508. The molecule has 1 aromatic carbocycles. The van der Waals surface area contributed by atoms with E-state index in [1.165, 1.54) is 0 Å². The van der Waals surface area contributed by atoms with Gasteiger partial charge in [0.2, 0.25) is 0 Å². The third kappa shape index (κ3) is 4.01. The molecule has 0 bridgehead atoms. The van der Waals surface area contributed by atoms with Crippen molar-refractivity contribution in [2.24, 2.45) is 5.73 Å². The largest absolute Gasteiger partial charge is 0.483 e. The molecule has 0 aliphatic carbocycles. The van der Waals surface area contributed by atoms with E-state index in [1.54, 1.807) is 0 Å². The molecule has 22 heavy (non-hydrogen) atoms. The van der Waals surface area contributed by atoms with E-state index in [-0.39, 0.29) is 24.0 Å². The molecule has 1 unspecified atom stereocenters. The highest BCUT2D eigenvalue weighted by Crippen LogP contribution is 2.31. The van der Waals surface area contributed by atoms with Crippen molar-refractivity contribution in [1.82, 2.24) is 4.90 Å². The van der Waals surface area contributed by atoms with Crippen molar-refractivity contribution in [2.75, 3.05) is 19.7 Å². The van der Waals surface area contributed by atoms with E-state index >= 15 is 0 Å². The van der Waals surface area contributed by atoms with E-state index < -0.39 is 0 Å². The first-order valence-electron chi connectivity index (χ1n) is 8.15. The predicted octanol–water partition coefficient (Wildman–Crippen LogP) is 2.70. The lowest BCUT2D eigenvalue weighted by molar-refractivity contribution is -0.136. The van der Waals surface area contributed by atoms with Gasteiger partial charge in [-0.2, -0.15) is 0 Å². The van der Waals surface area contributed by atoms with Gasteiger partial charge in [-0.3, -0.25) is 4.79 Å². The number of carbonyl (C=O) groups excluding carboxylic acids is 1. The highest BCUT2D eigenvalue weighted by Gasteiger charge is 2.26. The maximum Gasteiger partial charge on any atom is 0.260 e. The lowest BCUT2D eigenvalue weighted by atomic mass is 9.86. The molecule has 1 aliphatic heterocycles. The SMILES string of the molecule is CC(C)(C)c1ccccc1OCC(=O)N1CCCCC1CN. The zero-order valence-corrected chi connectivity index (χ0v) is 14.0. The number of ether oxygens (including phenoxy) is 1. The van der Waals surface area contributed by atoms with E-state index in [1.807, 2.05) is 23.1 Å². The second kappa shape index (κ2) is 7.14. The maximum atomic E-state index is 12.4. The normalized spacial score (nSPS) is 19.1. The number of amides is 1. The molecule has 4 heteroatoms. The van der Waals surface area contributed by atoms with Crippen molar-refractivity contribution < 1.29 is 9.53 Å². The average molecular weight is 304 g/mol. The van der Waals surface area contributed by atoms with Gasteiger partial charge in [0.05, 0.1) is 0 Å². The predicted molar refractivity (Wildman–Crippen MR) is 89.0 cm³/mol. The molecule has 0 saturated carbocycles. The molecule has 2 N–H and O–H groups in total. The Balaban J connectivity index is 2.02. The quantitative estimate of drug-likeness (QED) is 0.930. The summed E-state index contributed by atoms with van der Waals surface area (Å²) in [5.41, 5.74) is 6.90. The summed E-state index contributed by atoms with van der Waals surface area (Å²) in [6.07, 6.45) is 3.21. The van der Waals surface area contributed by atoms with Gasteiger partial charge in [-0.05, 0) is 36.3 Å². The van der Waals surface area contributed by atoms with Crippen molar-refractivity contribution in [3.8, 4) is 5.75 Å². The Morgan fingerprint density at radius 1 is 1.32 bits per heavy atom. The summed E-state index contributed by atoms with van der Waals surface area (Å²) in [5, 5.41) is 0. The Morgan fingerprint density at radius 3 is 2.73 bits per heavy atom. The number of nitrogens with two attached hydrogens (primary N) is 1. The highest BCUT2D eigenvalue weighted by atomic mass is 16.5. The fourth-order valence-corrected chi connectivity index (χ4v) is 3.01. The Morgan fingerprint density at radius 2 is 2.05 bits per heavy atom. The third-order valence-corrected chi connectivity index (χ3v) is 4.27. The number of benzene rings is 1. The van der Waals surface area contributed by atoms with Gasteiger partial charge in [-0.15, -0.1) is 0 Å². The van der Waals surface area contributed by atoms with E-state index in [9.17, 15) is 4.79 Å². The lowest BCUT2D eigenvalue weighted by Crippen LogP contribution is -2.49. The van der Waals surface area contributed by atoms with Crippen LogP contribution in [0.1, 0.15) is 45.6 Å². The van der Waals surface area contributed by atoms with Crippen LogP contribution in [0.3, 0.4) is 0 Å². The molecule has 1 amide bonds.